The molecule has 666 valence electrons. The number of anilines is 1. The summed E-state index contributed by atoms with van der Waals surface area (Å²) in [6, 6.07) is -10.6. The van der Waals surface area contributed by atoms with Crippen molar-refractivity contribution in [2.75, 3.05) is 32.0 Å². The summed E-state index contributed by atoms with van der Waals surface area (Å²) in [5.41, 5.74) is 12.4. The largest absolute Gasteiger partial charge is 0.481 e. The van der Waals surface area contributed by atoms with Crippen molar-refractivity contribution in [3.8, 4) is 0 Å². The van der Waals surface area contributed by atoms with Crippen LogP contribution in [0.15, 0.2) is 67.1 Å². The fraction of sp³-hybridized carbons (Fsp3) is 0.519. The van der Waals surface area contributed by atoms with Crippen molar-refractivity contribution in [2.24, 2.45) is 11.7 Å². The molecule has 2 aromatic heterocycles. The van der Waals surface area contributed by atoms with Crippen LogP contribution < -0.4 is 85.9 Å². The quantitative estimate of drug-likeness (QED) is 0.00864. The van der Waals surface area contributed by atoms with Gasteiger partial charge in [-0.25, -0.2) is 9.78 Å². The van der Waals surface area contributed by atoms with Crippen LogP contribution in [0.4, 0.5) is 5.69 Å². The van der Waals surface area contributed by atoms with Gasteiger partial charge in [0.2, 0.25) is 82.7 Å². The van der Waals surface area contributed by atoms with Gasteiger partial charge in [0.1, 0.15) is 78.4 Å². The maximum Gasteiger partial charge on any atom is 0.329 e. The third-order valence-electron chi connectivity index (χ3n) is 19.1. The van der Waals surface area contributed by atoms with Gasteiger partial charge >= 0.3 is 29.8 Å². The minimum absolute atomic E-state index is 0.0199. The van der Waals surface area contributed by atoms with Gasteiger partial charge in [0, 0.05) is 60.0 Å². The van der Waals surface area contributed by atoms with E-state index in [0.29, 0.717) is 35.1 Å². The highest BCUT2D eigenvalue weighted by molar-refractivity contribution is 6.05. The second kappa shape index (κ2) is 50.4. The van der Waals surface area contributed by atoms with Crippen LogP contribution in [0.3, 0.4) is 0 Å². The van der Waals surface area contributed by atoms with Crippen LogP contribution in [0.25, 0.3) is 10.9 Å². The Labute approximate surface area is 697 Å². The number of carboxylic acid groups (broad SMARTS) is 4. The predicted molar refractivity (Wildman–Crippen MR) is 426 cm³/mol. The summed E-state index contributed by atoms with van der Waals surface area (Å²) in [4.78, 5) is 286. The van der Waals surface area contributed by atoms with Crippen molar-refractivity contribution >= 4 is 135 Å². The number of carbonyl (C=O) groups is 20. The summed E-state index contributed by atoms with van der Waals surface area (Å²) in [5.74, 6) is -29.3. The SMILES string of the molecule is CCCCCCCCCCC(=O)NC(Cc1c[nH]c2ccccc12)C(=O)NC(CC(N)=O)C(=O)NC(CC(=O)O)C(=O)NC1C(=O)NCC(=O)NC(CCCNCc2ncc[nH]2)C(=O)NC(CC(=O)O)C(=O)NC(C)C(=O)NC(CC(=O)O)C(=O)NCC(=O)NC(CO)C(=O)NC(C(C)CC(=O)O)C(=O)NC(CC(=O)c2ccccc2N)C(=O)OC1C. The topological polar surface area (TPSA) is 717 Å². The van der Waals surface area contributed by atoms with Gasteiger partial charge in [-0.15, -0.1) is 0 Å². The lowest BCUT2D eigenvalue weighted by Gasteiger charge is -2.30. The van der Waals surface area contributed by atoms with Crippen molar-refractivity contribution in [1.29, 1.82) is 0 Å². The molecule has 1 fully saturated rings. The van der Waals surface area contributed by atoms with E-state index in [1.807, 2.05) is 16.0 Å². The van der Waals surface area contributed by atoms with Crippen molar-refractivity contribution in [3.63, 3.8) is 0 Å². The molecule has 0 spiro atoms. The number of aromatic nitrogens is 3. The molecule has 1 saturated heterocycles. The zero-order valence-electron chi connectivity index (χ0n) is 67.5. The molecule has 3 heterocycles. The number of aliphatic carboxylic acids is 4. The lowest BCUT2D eigenvalue weighted by atomic mass is 9.96. The average molecular weight is 1710 g/mol. The van der Waals surface area contributed by atoms with Crippen molar-refractivity contribution < 1.29 is 126 Å². The van der Waals surface area contributed by atoms with E-state index < -0.39 is 255 Å². The Balaban J connectivity index is 1.61. The number of imidazole rings is 1. The second-order valence-corrected chi connectivity index (χ2v) is 29.0. The summed E-state index contributed by atoms with van der Waals surface area (Å²) in [7, 11) is 0. The van der Waals surface area contributed by atoms with Gasteiger partial charge in [-0.3, -0.25) is 91.1 Å². The molecule has 13 atom stereocenters. The van der Waals surface area contributed by atoms with E-state index >= 15 is 0 Å². The number of primary amides is 1. The Bertz CT molecular complexity index is 4390. The number of Topliss-reactive ketones (excluding diaryl/α,β-unsaturated/α-hetero) is 1. The fourth-order valence-corrected chi connectivity index (χ4v) is 12.6. The highest BCUT2D eigenvalue weighted by Gasteiger charge is 2.41. The fourth-order valence-electron chi connectivity index (χ4n) is 12.6. The van der Waals surface area contributed by atoms with Crippen molar-refractivity contribution in [3.05, 3.63) is 84.1 Å². The number of ketones is 1. The molecule has 0 aliphatic carbocycles. The monoisotopic (exact) mass is 1710 g/mol. The number of benzene rings is 2. The normalized spacial score (nSPS) is 20.6. The van der Waals surface area contributed by atoms with Crippen LogP contribution in [-0.2, 0) is 109 Å². The number of aliphatic hydroxyl groups is 1. The molecule has 5 rings (SSSR count). The summed E-state index contributed by atoms with van der Waals surface area (Å²) in [6.07, 6.45) is 1.87. The van der Waals surface area contributed by atoms with E-state index in [4.69, 9.17) is 16.2 Å². The summed E-state index contributed by atoms with van der Waals surface area (Å²) in [6.45, 7) is 1.53. The van der Waals surface area contributed by atoms with Crippen LogP contribution in [0.2, 0.25) is 0 Å². The van der Waals surface area contributed by atoms with E-state index in [2.05, 4.69) is 80.4 Å². The van der Waals surface area contributed by atoms with Gasteiger partial charge < -0.3 is 126 Å². The number of aliphatic hydroxyl groups excluding tert-OH is 1. The first kappa shape index (κ1) is 99.1. The van der Waals surface area contributed by atoms with E-state index in [-0.39, 0.29) is 50.0 Å². The third kappa shape index (κ3) is 34.1. The minimum Gasteiger partial charge on any atom is -0.481 e. The molecule has 45 nitrogen and oxygen atoms in total. The first-order chi connectivity index (χ1) is 57.9. The number of nitrogens with two attached hydrogens (primary N) is 2. The molecule has 25 N–H and O–H groups in total. The number of aromatic amines is 2. The van der Waals surface area contributed by atoms with Gasteiger partial charge in [-0.2, -0.15) is 0 Å². The number of carbonyl (C=O) groups excluding carboxylic acids is 16. The lowest BCUT2D eigenvalue weighted by molar-refractivity contribution is -0.156. The number of nitrogen functional groups attached to an aromatic ring is 1. The molecule has 1 aliphatic heterocycles. The number of hydrogen-bond donors (Lipinski definition) is 23. The first-order valence-corrected chi connectivity index (χ1v) is 39.3. The zero-order chi connectivity index (χ0) is 90.3. The Hall–Kier alpha value is -13.5. The van der Waals surface area contributed by atoms with Gasteiger partial charge in [0.15, 0.2) is 5.78 Å². The van der Waals surface area contributed by atoms with Gasteiger partial charge in [-0.05, 0) is 69.3 Å². The van der Waals surface area contributed by atoms with E-state index in [9.17, 15) is 121 Å². The molecule has 122 heavy (non-hydrogen) atoms. The summed E-state index contributed by atoms with van der Waals surface area (Å²) < 4.78 is 5.73. The molecule has 13 unspecified atom stereocenters. The second-order valence-electron chi connectivity index (χ2n) is 29.0. The molecule has 4 aromatic rings. The molecular weight excluding hydrogens is 1610 g/mol. The highest BCUT2D eigenvalue weighted by Crippen LogP contribution is 2.22. The molecular formula is C77H107N19O26. The lowest BCUT2D eigenvalue weighted by Crippen LogP contribution is -2.62. The number of cyclic esters (lactones) is 1. The molecule has 45 heteroatoms. The maximum atomic E-state index is 14.9. The molecule has 0 bridgehead atoms. The average Bonchev–Trinajstić information content (AvgIpc) is 1.65. The van der Waals surface area contributed by atoms with E-state index in [1.165, 1.54) is 36.7 Å². The number of ether oxygens (including phenoxy) is 1. The number of hydrogen-bond acceptors (Lipinski definition) is 25. The molecule has 2 aromatic carbocycles. The number of nitrogens with one attached hydrogen (secondary N) is 16. The predicted octanol–water partition coefficient (Wildman–Crippen LogP) is -4.68. The number of nitrogens with zero attached hydrogens (tertiary/aromatic N) is 1. The Kier molecular flexibility index (Phi) is 41.0. The molecule has 1 aliphatic rings. The Morgan fingerprint density at radius 2 is 1.13 bits per heavy atom. The third-order valence-corrected chi connectivity index (χ3v) is 19.1. The Morgan fingerprint density at radius 3 is 1.75 bits per heavy atom. The summed E-state index contributed by atoms with van der Waals surface area (Å²) in [5, 5.41) is 82.4. The Morgan fingerprint density at radius 1 is 0.566 bits per heavy atom. The molecule has 14 amide bonds. The van der Waals surface area contributed by atoms with Crippen LogP contribution in [-0.4, -0.2) is 258 Å². The minimum atomic E-state index is -2.46. The number of rotatable bonds is 39. The maximum absolute atomic E-state index is 14.9. The van der Waals surface area contributed by atoms with Crippen molar-refractivity contribution in [2.45, 2.75) is 222 Å². The van der Waals surface area contributed by atoms with Gasteiger partial charge in [-0.1, -0.05) is 89.1 Å². The van der Waals surface area contributed by atoms with Crippen LogP contribution in [0.1, 0.15) is 159 Å². The number of carboxylic acids is 4. The van der Waals surface area contributed by atoms with Gasteiger partial charge in [0.05, 0.1) is 58.3 Å². The summed E-state index contributed by atoms with van der Waals surface area (Å²) >= 11 is 0. The zero-order valence-corrected chi connectivity index (χ0v) is 67.5. The van der Waals surface area contributed by atoms with E-state index in [0.717, 1.165) is 59.3 Å². The number of para-hydroxylation sites is 2. The molecule has 0 radical (unpaired) electrons. The smallest absolute Gasteiger partial charge is 0.329 e. The number of amides is 14. The highest BCUT2D eigenvalue weighted by atomic mass is 16.5. The van der Waals surface area contributed by atoms with Crippen molar-refractivity contribution in [1.82, 2.24) is 89.4 Å². The number of fused-ring (bicyclic) bond motifs is 1. The van der Waals surface area contributed by atoms with E-state index in [1.54, 1.807) is 30.5 Å². The van der Waals surface area contributed by atoms with Crippen LogP contribution >= 0.6 is 0 Å². The number of H-pyrrole nitrogens is 2. The van der Waals surface area contributed by atoms with Crippen LogP contribution in [0.5, 0.6) is 0 Å². The first-order valence-electron chi connectivity index (χ1n) is 39.3. The number of esters is 1. The van der Waals surface area contributed by atoms with Crippen LogP contribution in [0, 0.1) is 5.92 Å². The molecule has 0 saturated carbocycles. The number of unbranched alkanes of at least 4 members (excludes halogenated alkanes) is 7. The standard InChI is InChI=1S/C77H107N19O26/c1-5-6-7-8-9-10-11-12-23-58(100)88-48(28-42-34-83-46-21-16-14-18-43(42)46)71(115)91-49(30-56(79)99)72(116)93-52(33-64(109)110)73(117)96-66-41(4)122-77(121)53(29-55(98)44-19-13-15-20-45(44)78)94-76(120)65(39(2)27-61(103)104)95-74(118)54(38-97)89-60(102)36-84-68(112)50(31-62(105)106)90-67(111)40(3)86-70(114)51(32-63(107)108)92-69(113)47(87-59(101)37-85-75(66)119)22-17-24-80-35-57-81-25-26-82-57/h13-16,18-21,25-26,34,39-41,47-54,65-66,80,83,97H,5-12,17,22-24,27-33,35-38,78H2,1-4H3,(H2,79,99)(H,81,82)(H,84,112)(H,85,119)(H,86,114)(H,87,101)(H,88,100)(H,89,102)(H,90,111)(H,91,115)(H,92,113)(H,93,116)(H,94,120)(H,95,118)(H,96,117)(H,103,104)(H,105,106)(H,107,108)(H,109,110). The van der Waals surface area contributed by atoms with Gasteiger partial charge in [0.25, 0.3) is 0 Å².